The number of sulfonamides is 1. The van der Waals surface area contributed by atoms with Crippen LogP contribution in [0.5, 0.6) is 0 Å². The fourth-order valence-corrected chi connectivity index (χ4v) is 3.62. The molecular formula is C13H11Br2ClN2O2S. The van der Waals surface area contributed by atoms with Crippen LogP contribution in [0.25, 0.3) is 0 Å². The van der Waals surface area contributed by atoms with Crippen LogP contribution in [0.15, 0.2) is 50.2 Å². The minimum Gasteiger partial charge on any atom is -0.380 e. The van der Waals surface area contributed by atoms with Gasteiger partial charge in [-0.25, -0.2) is 13.6 Å². The molecule has 0 unspecified atom stereocenters. The molecule has 2 aromatic carbocycles. The highest BCUT2D eigenvalue weighted by Crippen LogP contribution is 2.27. The zero-order valence-electron chi connectivity index (χ0n) is 10.6. The number of hydrogen-bond acceptors (Lipinski definition) is 3. The summed E-state index contributed by atoms with van der Waals surface area (Å²) in [6.45, 7) is 0.513. The Bertz CT molecular complexity index is 782. The molecule has 0 aliphatic rings. The largest absolute Gasteiger partial charge is 0.380 e. The van der Waals surface area contributed by atoms with Crippen LogP contribution >= 0.6 is 43.5 Å². The SMILES string of the molecule is NS(=O)(=O)c1ccc(NCc2ccc(Br)cc2Cl)c(Br)c1. The van der Waals surface area contributed by atoms with Gasteiger partial charge in [0.1, 0.15) is 0 Å². The van der Waals surface area contributed by atoms with Crippen molar-refractivity contribution >= 4 is 59.2 Å². The van der Waals surface area contributed by atoms with Gasteiger partial charge < -0.3 is 5.32 Å². The molecule has 0 heterocycles. The lowest BCUT2D eigenvalue weighted by Gasteiger charge is -2.11. The predicted octanol–water partition coefficient (Wildman–Crippen LogP) is 4.12. The number of rotatable bonds is 4. The molecule has 0 aliphatic carbocycles. The first kappa shape index (κ1) is 16.8. The highest BCUT2D eigenvalue weighted by molar-refractivity contribution is 9.10. The van der Waals surface area contributed by atoms with Crippen LogP contribution < -0.4 is 10.5 Å². The number of hydrogen-bond donors (Lipinski definition) is 2. The second kappa shape index (κ2) is 6.66. The van der Waals surface area contributed by atoms with Gasteiger partial charge in [0.05, 0.1) is 4.90 Å². The Morgan fingerprint density at radius 1 is 1.14 bits per heavy atom. The summed E-state index contributed by atoms with van der Waals surface area (Å²) in [6.07, 6.45) is 0. The smallest absolute Gasteiger partial charge is 0.238 e. The van der Waals surface area contributed by atoms with E-state index in [1.54, 1.807) is 6.07 Å². The molecule has 4 nitrogen and oxygen atoms in total. The fraction of sp³-hybridized carbons (Fsp3) is 0.0769. The molecular weight excluding hydrogens is 443 g/mol. The lowest BCUT2D eigenvalue weighted by Crippen LogP contribution is -2.12. The van der Waals surface area contributed by atoms with Gasteiger partial charge in [0.15, 0.2) is 0 Å². The zero-order valence-corrected chi connectivity index (χ0v) is 15.4. The van der Waals surface area contributed by atoms with E-state index in [2.05, 4.69) is 37.2 Å². The number of anilines is 1. The van der Waals surface area contributed by atoms with Crippen LogP contribution in [-0.2, 0) is 16.6 Å². The Labute approximate surface area is 145 Å². The molecule has 8 heteroatoms. The first-order valence-corrected chi connectivity index (χ1v) is 9.28. The second-order valence-corrected chi connectivity index (χ2v) is 8.01. The number of nitrogens with two attached hydrogens (primary N) is 1. The summed E-state index contributed by atoms with van der Waals surface area (Å²) in [7, 11) is -3.70. The van der Waals surface area contributed by atoms with E-state index < -0.39 is 10.0 Å². The molecule has 0 radical (unpaired) electrons. The van der Waals surface area contributed by atoms with Gasteiger partial charge >= 0.3 is 0 Å². The average Bonchev–Trinajstić information content (AvgIpc) is 2.38. The molecule has 0 bridgehead atoms. The summed E-state index contributed by atoms with van der Waals surface area (Å²) in [6, 6.07) is 10.2. The Hall–Kier alpha value is -0.600. The summed E-state index contributed by atoms with van der Waals surface area (Å²) in [4.78, 5) is 0.0570. The van der Waals surface area contributed by atoms with Gasteiger partial charge in [0, 0.05) is 26.2 Å². The van der Waals surface area contributed by atoms with E-state index in [0.717, 1.165) is 15.7 Å². The maximum atomic E-state index is 11.3. The Morgan fingerprint density at radius 2 is 1.86 bits per heavy atom. The van der Waals surface area contributed by atoms with Crippen LogP contribution in [-0.4, -0.2) is 8.42 Å². The second-order valence-electron chi connectivity index (χ2n) is 4.28. The summed E-state index contributed by atoms with van der Waals surface area (Å²) in [5.74, 6) is 0. The lowest BCUT2D eigenvalue weighted by molar-refractivity contribution is 0.598. The molecule has 0 fully saturated rings. The van der Waals surface area contributed by atoms with Crippen molar-refractivity contribution in [1.82, 2.24) is 0 Å². The molecule has 0 amide bonds. The highest BCUT2D eigenvalue weighted by Gasteiger charge is 2.10. The van der Waals surface area contributed by atoms with Crippen molar-refractivity contribution in [3.8, 4) is 0 Å². The van der Waals surface area contributed by atoms with Crippen molar-refractivity contribution in [2.75, 3.05) is 5.32 Å². The van der Waals surface area contributed by atoms with E-state index in [1.807, 2.05) is 18.2 Å². The van der Waals surface area contributed by atoms with Gasteiger partial charge in [0.25, 0.3) is 0 Å². The predicted molar refractivity (Wildman–Crippen MR) is 92.0 cm³/mol. The molecule has 2 rings (SSSR count). The molecule has 0 atom stereocenters. The lowest BCUT2D eigenvalue weighted by atomic mass is 10.2. The maximum Gasteiger partial charge on any atom is 0.238 e. The molecule has 21 heavy (non-hydrogen) atoms. The minimum absolute atomic E-state index is 0.0570. The molecule has 0 saturated heterocycles. The van der Waals surface area contributed by atoms with Crippen molar-refractivity contribution in [3.63, 3.8) is 0 Å². The highest BCUT2D eigenvalue weighted by atomic mass is 79.9. The third-order valence-electron chi connectivity index (χ3n) is 2.75. The third-order valence-corrected chi connectivity index (χ3v) is 5.17. The van der Waals surface area contributed by atoms with Crippen molar-refractivity contribution in [2.45, 2.75) is 11.4 Å². The van der Waals surface area contributed by atoms with Crippen molar-refractivity contribution in [2.24, 2.45) is 5.14 Å². The van der Waals surface area contributed by atoms with Crippen LogP contribution in [0.4, 0.5) is 5.69 Å². The monoisotopic (exact) mass is 452 g/mol. The average molecular weight is 455 g/mol. The van der Waals surface area contributed by atoms with Crippen LogP contribution in [0.2, 0.25) is 5.02 Å². The summed E-state index contributed by atoms with van der Waals surface area (Å²) < 4.78 is 24.1. The van der Waals surface area contributed by atoms with Crippen LogP contribution in [0, 0.1) is 0 Å². The van der Waals surface area contributed by atoms with Crippen LogP contribution in [0.1, 0.15) is 5.56 Å². The van der Waals surface area contributed by atoms with E-state index >= 15 is 0 Å². The van der Waals surface area contributed by atoms with E-state index in [9.17, 15) is 8.42 Å². The minimum atomic E-state index is -3.70. The normalized spacial score (nSPS) is 11.4. The number of halogens is 3. The Kier molecular flexibility index (Phi) is 5.32. The molecule has 112 valence electrons. The molecule has 2 aromatic rings. The summed E-state index contributed by atoms with van der Waals surface area (Å²) in [5.41, 5.74) is 1.68. The standard InChI is InChI=1S/C13H11Br2ClN2O2S/c14-9-2-1-8(12(16)5-9)7-18-13-4-3-10(6-11(13)15)21(17,19)20/h1-6,18H,7H2,(H2,17,19,20). The van der Waals surface area contributed by atoms with Crippen molar-refractivity contribution in [1.29, 1.82) is 0 Å². The molecule has 0 aliphatic heterocycles. The quantitative estimate of drug-likeness (QED) is 0.730. The summed E-state index contributed by atoms with van der Waals surface area (Å²) >= 11 is 12.8. The number of nitrogens with one attached hydrogen (secondary N) is 1. The fourth-order valence-electron chi connectivity index (χ4n) is 1.67. The van der Waals surface area contributed by atoms with Gasteiger partial charge in [-0.2, -0.15) is 0 Å². The van der Waals surface area contributed by atoms with E-state index in [1.165, 1.54) is 12.1 Å². The Balaban J connectivity index is 2.17. The topological polar surface area (TPSA) is 72.2 Å². The molecule has 0 saturated carbocycles. The third kappa shape index (κ3) is 4.43. The molecule has 0 aromatic heterocycles. The van der Waals surface area contributed by atoms with Gasteiger partial charge in [-0.3, -0.25) is 0 Å². The van der Waals surface area contributed by atoms with E-state index in [4.69, 9.17) is 16.7 Å². The first-order valence-electron chi connectivity index (χ1n) is 5.77. The van der Waals surface area contributed by atoms with Gasteiger partial charge in [-0.1, -0.05) is 33.6 Å². The molecule has 0 spiro atoms. The number of primary sulfonamides is 1. The van der Waals surface area contributed by atoms with E-state index in [-0.39, 0.29) is 4.90 Å². The van der Waals surface area contributed by atoms with Gasteiger partial charge in [-0.15, -0.1) is 0 Å². The molecule has 3 N–H and O–H groups in total. The Morgan fingerprint density at radius 3 is 2.43 bits per heavy atom. The number of benzene rings is 2. The van der Waals surface area contributed by atoms with Gasteiger partial charge in [-0.05, 0) is 51.8 Å². The zero-order chi connectivity index (χ0) is 15.6. The van der Waals surface area contributed by atoms with Crippen LogP contribution in [0.3, 0.4) is 0 Å². The summed E-state index contributed by atoms with van der Waals surface area (Å²) in [5, 5.41) is 8.92. The van der Waals surface area contributed by atoms with Crippen molar-refractivity contribution in [3.05, 3.63) is 55.9 Å². The first-order chi connectivity index (χ1) is 9.77. The van der Waals surface area contributed by atoms with Gasteiger partial charge in [0.2, 0.25) is 10.0 Å². The maximum absolute atomic E-state index is 11.3. The van der Waals surface area contributed by atoms with E-state index in [0.29, 0.717) is 16.0 Å². The van der Waals surface area contributed by atoms with Crippen molar-refractivity contribution < 1.29 is 8.42 Å².